The van der Waals surface area contributed by atoms with E-state index in [0.717, 1.165) is 21.0 Å². The molecule has 5 heteroatoms. The van der Waals surface area contributed by atoms with Crippen molar-refractivity contribution in [2.24, 2.45) is 0 Å². The van der Waals surface area contributed by atoms with Crippen LogP contribution in [0.1, 0.15) is 4.88 Å². The summed E-state index contributed by atoms with van der Waals surface area (Å²) in [4.78, 5) is 3.29. The molecule has 0 aliphatic heterocycles. The van der Waals surface area contributed by atoms with Crippen LogP contribution in [0, 0.1) is 0 Å². The predicted octanol–water partition coefficient (Wildman–Crippen LogP) is 4.84. The molecule has 0 fully saturated rings. The number of hydrogen-bond donors (Lipinski definition) is 1. The lowest BCUT2D eigenvalue weighted by atomic mass is 10.2. The van der Waals surface area contributed by atoms with E-state index in [1.54, 1.807) is 11.3 Å². The molecule has 2 rings (SSSR count). The Kier molecular flexibility index (Phi) is 4.54. The molecule has 96 valence electrons. The number of thiophene rings is 1. The van der Waals surface area contributed by atoms with Crippen LogP contribution in [0.5, 0.6) is 0 Å². The molecule has 0 atom stereocenters. The number of halogens is 2. The first-order chi connectivity index (χ1) is 8.56. The van der Waals surface area contributed by atoms with E-state index >= 15 is 0 Å². The Morgan fingerprint density at radius 2 is 1.94 bits per heavy atom. The lowest BCUT2D eigenvalue weighted by Crippen LogP contribution is -2.08. The molecule has 1 heterocycles. The minimum atomic E-state index is 0.789. The Bertz CT molecular complexity index is 503. The van der Waals surface area contributed by atoms with Crippen LogP contribution in [-0.2, 0) is 6.54 Å². The molecular formula is C13H14BrClN2S. The summed E-state index contributed by atoms with van der Waals surface area (Å²) in [6, 6.07) is 10.4. The van der Waals surface area contributed by atoms with Crippen molar-refractivity contribution in [3.8, 4) is 0 Å². The van der Waals surface area contributed by atoms with E-state index in [2.05, 4.69) is 50.4 Å². The Balaban J connectivity index is 1.97. The zero-order valence-electron chi connectivity index (χ0n) is 10.2. The Morgan fingerprint density at radius 3 is 2.44 bits per heavy atom. The van der Waals surface area contributed by atoms with E-state index in [1.165, 1.54) is 10.6 Å². The zero-order valence-corrected chi connectivity index (χ0v) is 13.4. The van der Waals surface area contributed by atoms with Gasteiger partial charge >= 0.3 is 0 Å². The summed E-state index contributed by atoms with van der Waals surface area (Å²) in [6.45, 7) is 0.789. The molecule has 18 heavy (non-hydrogen) atoms. The molecule has 2 aromatic rings. The number of benzene rings is 1. The highest BCUT2D eigenvalue weighted by molar-refractivity contribution is 9.10. The Morgan fingerprint density at radius 1 is 1.28 bits per heavy atom. The molecule has 0 radical (unpaired) electrons. The van der Waals surface area contributed by atoms with E-state index < -0.39 is 0 Å². The fraction of sp³-hybridized carbons (Fsp3) is 0.231. The highest BCUT2D eigenvalue weighted by Gasteiger charge is 2.04. The van der Waals surface area contributed by atoms with Crippen molar-refractivity contribution in [2.45, 2.75) is 6.54 Å². The number of nitrogens with zero attached hydrogens (tertiary/aromatic N) is 1. The smallest absolute Gasteiger partial charge is 0.107 e. The van der Waals surface area contributed by atoms with Crippen molar-refractivity contribution >= 4 is 50.2 Å². The van der Waals surface area contributed by atoms with Gasteiger partial charge in [0.2, 0.25) is 0 Å². The average molecular weight is 346 g/mol. The molecule has 1 aromatic carbocycles. The maximum absolute atomic E-state index is 6.01. The first-order valence-electron chi connectivity index (χ1n) is 5.51. The van der Waals surface area contributed by atoms with Gasteiger partial charge in [-0.2, -0.15) is 0 Å². The van der Waals surface area contributed by atoms with Gasteiger partial charge in [-0.15, -0.1) is 11.3 Å². The molecule has 0 spiro atoms. The third-order valence-corrected chi connectivity index (χ3v) is 5.02. The molecule has 2 nitrogen and oxygen atoms in total. The Hall–Kier alpha value is -0.710. The van der Waals surface area contributed by atoms with Crippen molar-refractivity contribution in [3.05, 3.63) is 44.0 Å². The van der Waals surface area contributed by atoms with Crippen molar-refractivity contribution in [1.29, 1.82) is 0 Å². The summed E-state index contributed by atoms with van der Waals surface area (Å²) in [5.74, 6) is 0. The van der Waals surface area contributed by atoms with Gasteiger partial charge in [0.25, 0.3) is 0 Å². The molecule has 0 unspecified atom stereocenters. The van der Waals surface area contributed by atoms with Crippen LogP contribution in [0.4, 0.5) is 11.4 Å². The standard InChI is InChI=1S/C13H14BrClN2S/c1-17(2)10-5-3-9(4-6-10)16-8-11-7-12(14)13(15)18-11/h3-7,16H,8H2,1-2H3. The number of hydrogen-bond acceptors (Lipinski definition) is 3. The normalized spacial score (nSPS) is 10.4. The van der Waals surface area contributed by atoms with E-state index in [9.17, 15) is 0 Å². The van der Waals surface area contributed by atoms with Crippen LogP contribution in [0.3, 0.4) is 0 Å². The van der Waals surface area contributed by atoms with E-state index in [1.807, 2.05) is 20.2 Å². The summed E-state index contributed by atoms with van der Waals surface area (Å²) in [5.41, 5.74) is 2.31. The lowest BCUT2D eigenvalue weighted by Gasteiger charge is -2.13. The van der Waals surface area contributed by atoms with E-state index in [-0.39, 0.29) is 0 Å². The van der Waals surface area contributed by atoms with Gasteiger partial charge in [-0.3, -0.25) is 0 Å². The van der Waals surface area contributed by atoms with Crippen molar-refractivity contribution < 1.29 is 0 Å². The lowest BCUT2D eigenvalue weighted by molar-refractivity contribution is 1.13. The van der Waals surface area contributed by atoms with E-state index in [0.29, 0.717) is 0 Å². The van der Waals surface area contributed by atoms with Gasteiger partial charge in [0.1, 0.15) is 4.34 Å². The van der Waals surface area contributed by atoms with Gasteiger partial charge in [-0.1, -0.05) is 11.6 Å². The molecule has 1 aromatic heterocycles. The van der Waals surface area contributed by atoms with Crippen molar-refractivity contribution in [1.82, 2.24) is 0 Å². The maximum atomic E-state index is 6.01. The van der Waals surface area contributed by atoms with Gasteiger partial charge in [0.05, 0.1) is 0 Å². The number of anilines is 2. The molecule has 0 aliphatic rings. The van der Waals surface area contributed by atoms with Crippen LogP contribution in [-0.4, -0.2) is 14.1 Å². The summed E-state index contributed by atoms with van der Waals surface area (Å²) < 4.78 is 1.77. The SMILES string of the molecule is CN(C)c1ccc(NCc2cc(Br)c(Cl)s2)cc1. The third-order valence-electron chi connectivity index (χ3n) is 2.55. The molecule has 1 N–H and O–H groups in total. The molecule has 0 saturated carbocycles. The fourth-order valence-corrected chi connectivity index (χ4v) is 3.28. The zero-order chi connectivity index (χ0) is 13.1. The van der Waals surface area contributed by atoms with Gasteiger partial charge in [-0.25, -0.2) is 0 Å². The van der Waals surface area contributed by atoms with Crippen LogP contribution >= 0.6 is 38.9 Å². The highest BCUT2D eigenvalue weighted by atomic mass is 79.9. The van der Waals surface area contributed by atoms with Crippen molar-refractivity contribution in [2.75, 3.05) is 24.3 Å². The average Bonchev–Trinajstić information content (AvgIpc) is 2.67. The van der Waals surface area contributed by atoms with Gasteiger partial charge < -0.3 is 10.2 Å². The highest BCUT2D eigenvalue weighted by Crippen LogP contribution is 2.32. The van der Waals surface area contributed by atoms with Crippen molar-refractivity contribution in [3.63, 3.8) is 0 Å². The predicted molar refractivity (Wildman–Crippen MR) is 85.1 cm³/mol. The molecule has 0 saturated heterocycles. The van der Waals surface area contributed by atoms with E-state index in [4.69, 9.17) is 11.6 Å². The quantitative estimate of drug-likeness (QED) is 0.852. The minimum Gasteiger partial charge on any atom is -0.380 e. The van der Waals surface area contributed by atoms with Gasteiger partial charge in [0, 0.05) is 41.4 Å². The second-order valence-electron chi connectivity index (χ2n) is 4.13. The largest absolute Gasteiger partial charge is 0.380 e. The monoisotopic (exact) mass is 344 g/mol. The summed E-state index contributed by atoms with van der Waals surface area (Å²) in [6.07, 6.45) is 0. The molecule has 0 aliphatic carbocycles. The summed E-state index contributed by atoms with van der Waals surface area (Å²) in [5, 5.41) is 3.38. The third kappa shape index (κ3) is 3.40. The topological polar surface area (TPSA) is 15.3 Å². The first kappa shape index (κ1) is 13.7. The van der Waals surface area contributed by atoms with Crippen LogP contribution in [0.2, 0.25) is 4.34 Å². The fourth-order valence-electron chi connectivity index (χ4n) is 1.55. The summed E-state index contributed by atoms with van der Waals surface area (Å²) in [7, 11) is 4.07. The minimum absolute atomic E-state index is 0.789. The van der Waals surface area contributed by atoms with Gasteiger partial charge in [-0.05, 0) is 46.3 Å². The van der Waals surface area contributed by atoms with Gasteiger partial charge in [0.15, 0.2) is 0 Å². The number of nitrogens with one attached hydrogen (secondary N) is 1. The van der Waals surface area contributed by atoms with Crippen LogP contribution < -0.4 is 10.2 Å². The second kappa shape index (κ2) is 5.95. The molecule has 0 amide bonds. The maximum Gasteiger partial charge on any atom is 0.107 e. The molecule has 0 bridgehead atoms. The molecular weight excluding hydrogens is 332 g/mol. The van der Waals surface area contributed by atoms with Crippen LogP contribution in [0.15, 0.2) is 34.8 Å². The first-order valence-corrected chi connectivity index (χ1v) is 7.50. The number of rotatable bonds is 4. The second-order valence-corrected chi connectivity index (χ2v) is 6.72. The summed E-state index contributed by atoms with van der Waals surface area (Å²) >= 11 is 11.0. The Labute approximate surface area is 125 Å². The van der Waals surface area contributed by atoms with Crippen LogP contribution in [0.25, 0.3) is 0 Å².